The molecule has 30 heavy (non-hydrogen) atoms. The van der Waals surface area contributed by atoms with Gasteiger partial charge in [0.2, 0.25) is 15.8 Å². The molecule has 3 rings (SSSR count). The van der Waals surface area contributed by atoms with Gasteiger partial charge in [-0.15, -0.1) is 0 Å². The third-order valence-electron chi connectivity index (χ3n) is 5.15. The van der Waals surface area contributed by atoms with Crippen LogP contribution in [0.5, 0.6) is 17.2 Å². The van der Waals surface area contributed by atoms with E-state index in [0.29, 0.717) is 49.0 Å². The summed E-state index contributed by atoms with van der Waals surface area (Å²) in [5.74, 6) is 1.51. The van der Waals surface area contributed by atoms with E-state index in [1.54, 1.807) is 33.5 Å². The molecule has 0 atom stereocenters. The van der Waals surface area contributed by atoms with Crippen LogP contribution < -0.4 is 19.1 Å². The fourth-order valence-corrected chi connectivity index (χ4v) is 4.87. The Morgan fingerprint density at radius 3 is 1.83 bits per heavy atom. The van der Waals surface area contributed by atoms with E-state index in [1.807, 2.05) is 12.1 Å². The topological polar surface area (TPSA) is 85.4 Å². The molecule has 1 aliphatic heterocycles. The number of sulfonamides is 1. The molecule has 162 valence electrons. The molecule has 0 spiro atoms. The predicted octanol–water partition coefficient (Wildman–Crippen LogP) is 2.43. The molecule has 0 aromatic heterocycles. The zero-order valence-electron chi connectivity index (χ0n) is 17.5. The van der Waals surface area contributed by atoms with Gasteiger partial charge in [0.05, 0.1) is 26.2 Å². The molecule has 1 saturated heterocycles. The van der Waals surface area contributed by atoms with Crippen molar-refractivity contribution < 1.29 is 27.4 Å². The number of hydrogen-bond donors (Lipinski definition) is 0. The molecule has 0 radical (unpaired) electrons. The average molecular weight is 435 g/mol. The van der Waals surface area contributed by atoms with Crippen molar-refractivity contribution in [1.82, 2.24) is 4.31 Å². The number of carbonyl (C=O) groups is 1. The quantitative estimate of drug-likeness (QED) is 0.619. The Morgan fingerprint density at radius 2 is 1.40 bits per heavy atom. The van der Waals surface area contributed by atoms with Crippen molar-refractivity contribution in [3.05, 3.63) is 42.0 Å². The zero-order chi connectivity index (χ0) is 21.9. The van der Waals surface area contributed by atoms with Gasteiger partial charge in [0, 0.05) is 49.6 Å². The number of anilines is 1. The maximum absolute atomic E-state index is 13.0. The normalized spacial score (nSPS) is 15.0. The summed E-state index contributed by atoms with van der Waals surface area (Å²) in [4.78, 5) is 13.7. The smallest absolute Gasteiger partial charge is 0.243 e. The van der Waals surface area contributed by atoms with E-state index in [9.17, 15) is 13.2 Å². The summed E-state index contributed by atoms with van der Waals surface area (Å²) in [6.07, 6.45) is 0. The molecule has 0 saturated carbocycles. The highest BCUT2D eigenvalue weighted by Gasteiger charge is 2.29. The third-order valence-corrected chi connectivity index (χ3v) is 7.06. The van der Waals surface area contributed by atoms with Crippen molar-refractivity contribution in [2.45, 2.75) is 11.8 Å². The van der Waals surface area contributed by atoms with Gasteiger partial charge in [0.1, 0.15) is 0 Å². The van der Waals surface area contributed by atoms with E-state index in [4.69, 9.17) is 14.2 Å². The molecule has 0 unspecified atom stereocenters. The number of Topliss-reactive ketones (excluding diaryl/α,β-unsaturated/α-hetero) is 1. The van der Waals surface area contributed by atoms with Crippen LogP contribution in [-0.2, 0) is 10.0 Å². The highest BCUT2D eigenvalue weighted by molar-refractivity contribution is 7.89. The summed E-state index contributed by atoms with van der Waals surface area (Å²) in [5.41, 5.74) is 1.36. The van der Waals surface area contributed by atoms with Crippen molar-refractivity contribution in [2.24, 2.45) is 0 Å². The fourth-order valence-electron chi connectivity index (χ4n) is 3.45. The number of methoxy groups -OCH3 is 3. The lowest BCUT2D eigenvalue weighted by molar-refractivity contribution is 0.101. The van der Waals surface area contributed by atoms with Gasteiger partial charge in [0.25, 0.3) is 0 Å². The van der Waals surface area contributed by atoms with Crippen LogP contribution in [0.25, 0.3) is 0 Å². The minimum Gasteiger partial charge on any atom is -0.493 e. The summed E-state index contributed by atoms with van der Waals surface area (Å²) < 4.78 is 43.6. The molecule has 0 aliphatic carbocycles. The number of benzene rings is 2. The number of ether oxygens (including phenoxy) is 3. The SMILES string of the molecule is COc1cc(N2CCN(S(=O)(=O)c3ccc(C(C)=O)cc3)CC2)cc(OC)c1OC. The maximum atomic E-state index is 13.0. The molecule has 0 bridgehead atoms. The van der Waals surface area contributed by atoms with Gasteiger partial charge in [-0.05, 0) is 19.1 Å². The lowest BCUT2D eigenvalue weighted by Crippen LogP contribution is -2.48. The molecular weight excluding hydrogens is 408 g/mol. The van der Waals surface area contributed by atoms with E-state index in [-0.39, 0.29) is 10.7 Å². The molecule has 1 aliphatic rings. The highest BCUT2D eigenvalue weighted by atomic mass is 32.2. The van der Waals surface area contributed by atoms with Gasteiger partial charge in [0.15, 0.2) is 17.3 Å². The van der Waals surface area contributed by atoms with Gasteiger partial charge in [-0.3, -0.25) is 4.79 Å². The third kappa shape index (κ3) is 4.22. The molecule has 2 aromatic rings. The van der Waals surface area contributed by atoms with Gasteiger partial charge in [-0.1, -0.05) is 12.1 Å². The molecule has 0 N–H and O–H groups in total. The number of carbonyl (C=O) groups excluding carboxylic acids is 1. The first-order valence-electron chi connectivity index (χ1n) is 9.48. The van der Waals surface area contributed by atoms with Crippen molar-refractivity contribution in [2.75, 3.05) is 52.4 Å². The summed E-state index contributed by atoms with van der Waals surface area (Å²) in [6.45, 7) is 3.17. The number of ketones is 1. The first kappa shape index (κ1) is 21.9. The van der Waals surface area contributed by atoms with Crippen molar-refractivity contribution >= 4 is 21.5 Å². The average Bonchev–Trinajstić information content (AvgIpc) is 2.78. The van der Waals surface area contributed by atoms with Gasteiger partial charge in [-0.25, -0.2) is 8.42 Å². The monoisotopic (exact) mass is 434 g/mol. The van der Waals surface area contributed by atoms with Crippen LogP contribution in [0.15, 0.2) is 41.3 Å². The number of rotatable bonds is 7. The summed E-state index contributed by atoms with van der Waals surface area (Å²) in [5, 5.41) is 0. The van der Waals surface area contributed by atoms with Gasteiger partial charge in [-0.2, -0.15) is 4.31 Å². The van der Waals surface area contributed by atoms with Gasteiger partial charge < -0.3 is 19.1 Å². The lowest BCUT2D eigenvalue weighted by Gasteiger charge is -2.35. The molecule has 1 fully saturated rings. The second kappa shape index (κ2) is 8.93. The Hall–Kier alpha value is -2.78. The van der Waals surface area contributed by atoms with Crippen LogP contribution in [0.4, 0.5) is 5.69 Å². The Bertz CT molecular complexity index is 987. The van der Waals surface area contributed by atoms with E-state index in [2.05, 4.69) is 4.90 Å². The number of nitrogens with zero attached hydrogens (tertiary/aromatic N) is 2. The summed E-state index contributed by atoms with van der Waals surface area (Å²) >= 11 is 0. The van der Waals surface area contributed by atoms with Crippen LogP contribution in [-0.4, -0.2) is 66.0 Å². The molecule has 1 heterocycles. The Morgan fingerprint density at radius 1 is 0.867 bits per heavy atom. The van der Waals surface area contributed by atoms with Crippen molar-refractivity contribution in [3.63, 3.8) is 0 Å². The van der Waals surface area contributed by atoms with Crippen molar-refractivity contribution in [3.8, 4) is 17.2 Å². The lowest BCUT2D eigenvalue weighted by atomic mass is 10.2. The Kier molecular flexibility index (Phi) is 6.52. The molecule has 2 aromatic carbocycles. The first-order chi connectivity index (χ1) is 14.3. The molecular formula is C21H26N2O6S. The second-order valence-electron chi connectivity index (χ2n) is 6.86. The fraction of sp³-hybridized carbons (Fsp3) is 0.381. The van der Waals surface area contributed by atoms with Crippen LogP contribution >= 0.6 is 0 Å². The van der Waals surface area contributed by atoms with Crippen LogP contribution in [0.2, 0.25) is 0 Å². The molecule has 0 amide bonds. The minimum absolute atomic E-state index is 0.0992. The summed E-state index contributed by atoms with van der Waals surface area (Å²) in [7, 11) is 1.04. The maximum Gasteiger partial charge on any atom is 0.243 e. The zero-order valence-corrected chi connectivity index (χ0v) is 18.4. The molecule has 8 nitrogen and oxygen atoms in total. The Balaban J connectivity index is 1.76. The predicted molar refractivity (Wildman–Crippen MR) is 114 cm³/mol. The standard InChI is InChI=1S/C21H26N2O6S/c1-15(24)16-5-7-18(8-6-16)30(25,26)23-11-9-22(10-12-23)17-13-19(27-2)21(29-4)20(14-17)28-3/h5-8,13-14H,9-12H2,1-4H3. The van der Waals surface area contributed by atoms with E-state index in [1.165, 1.54) is 23.4 Å². The highest BCUT2D eigenvalue weighted by Crippen LogP contribution is 2.41. The first-order valence-corrected chi connectivity index (χ1v) is 10.9. The minimum atomic E-state index is -3.62. The number of hydrogen-bond acceptors (Lipinski definition) is 7. The second-order valence-corrected chi connectivity index (χ2v) is 8.79. The molecule has 9 heteroatoms. The van der Waals surface area contributed by atoms with Crippen LogP contribution in [0, 0.1) is 0 Å². The summed E-state index contributed by atoms with van der Waals surface area (Å²) in [6, 6.07) is 9.76. The van der Waals surface area contributed by atoms with E-state index < -0.39 is 10.0 Å². The van der Waals surface area contributed by atoms with Crippen LogP contribution in [0.1, 0.15) is 17.3 Å². The number of piperazine rings is 1. The van der Waals surface area contributed by atoms with Crippen molar-refractivity contribution in [1.29, 1.82) is 0 Å². The van der Waals surface area contributed by atoms with Crippen LogP contribution in [0.3, 0.4) is 0 Å². The van der Waals surface area contributed by atoms with E-state index >= 15 is 0 Å². The Labute approximate surface area is 177 Å². The van der Waals surface area contributed by atoms with Gasteiger partial charge >= 0.3 is 0 Å². The van der Waals surface area contributed by atoms with E-state index in [0.717, 1.165) is 5.69 Å². The largest absolute Gasteiger partial charge is 0.493 e.